The molecule has 17 heavy (non-hydrogen) atoms. The zero-order chi connectivity index (χ0) is 12.3. The number of rotatable bonds is 9. The minimum atomic E-state index is 0.752. The smallest absolute Gasteiger partial charge is 0.0499 e. The molecule has 0 heterocycles. The van der Waals surface area contributed by atoms with Crippen LogP contribution in [-0.4, -0.2) is 26.3 Å². The molecule has 0 amide bonds. The molecule has 1 aliphatic rings. The lowest BCUT2D eigenvalue weighted by Crippen LogP contribution is -2.19. The van der Waals surface area contributed by atoms with Gasteiger partial charge in [0, 0.05) is 13.2 Å². The first-order valence-corrected chi connectivity index (χ1v) is 7.28. The third-order valence-electron chi connectivity index (χ3n) is 3.64. The third-order valence-corrected chi connectivity index (χ3v) is 3.64. The van der Waals surface area contributed by atoms with E-state index in [-0.39, 0.29) is 0 Å². The number of allylic oxidation sites excluding steroid dienone is 2. The Morgan fingerprint density at radius 2 is 2.00 bits per heavy atom. The van der Waals surface area contributed by atoms with E-state index in [1.54, 1.807) is 0 Å². The van der Waals surface area contributed by atoms with E-state index >= 15 is 0 Å². The van der Waals surface area contributed by atoms with E-state index in [1.165, 1.54) is 32.1 Å². The molecule has 0 radical (unpaired) electrons. The molecule has 1 N–H and O–H groups in total. The summed E-state index contributed by atoms with van der Waals surface area (Å²) >= 11 is 0. The van der Waals surface area contributed by atoms with Gasteiger partial charge < -0.3 is 10.1 Å². The molecule has 2 unspecified atom stereocenters. The molecule has 0 fully saturated rings. The fourth-order valence-electron chi connectivity index (χ4n) is 2.28. The van der Waals surface area contributed by atoms with Crippen LogP contribution in [0.15, 0.2) is 12.2 Å². The monoisotopic (exact) mass is 239 g/mol. The van der Waals surface area contributed by atoms with Gasteiger partial charge in [-0.3, -0.25) is 0 Å². The summed E-state index contributed by atoms with van der Waals surface area (Å²) in [5.41, 5.74) is 0. The Balaban J connectivity index is 1.88. The average Bonchev–Trinajstić information content (AvgIpc) is 2.35. The largest absolute Gasteiger partial charge is 0.381 e. The van der Waals surface area contributed by atoms with Gasteiger partial charge in [0.2, 0.25) is 0 Å². The summed E-state index contributed by atoms with van der Waals surface area (Å²) in [7, 11) is 0. The van der Waals surface area contributed by atoms with Crippen molar-refractivity contribution in [3.8, 4) is 0 Å². The van der Waals surface area contributed by atoms with Gasteiger partial charge in [-0.25, -0.2) is 0 Å². The van der Waals surface area contributed by atoms with Crippen LogP contribution in [0.4, 0.5) is 0 Å². The zero-order valence-corrected chi connectivity index (χ0v) is 11.6. The first-order valence-electron chi connectivity index (χ1n) is 7.28. The third kappa shape index (κ3) is 6.85. The first-order chi connectivity index (χ1) is 8.34. The van der Waals surface area contributed by atoms with Gasteiger partial charge in [0.1, 0.15) is 0 Å². The molecule has 0 aromatic rings. The maximum Gasteiger partial charge on any atom is 0.0499 e. The lowest BCUT2D eigenvalue weighted by molar-refractivity contribution is 0.0765. The van der Waals surface area contributed by atoms with Crippen LogP contribution in [0.25, 0.3) is 0 Å². The highest BCUT2D eigenvalue weighted by molar-refractivity contribution is 4.93. The summed E-state index contributed by atoms with van der Waals surface area (Å²) in [5, 5.41) is 3.35. The van der Waals surface area contributed by atoms with Crippen molar-refractivity contribution >= 4 is 0 Å². The summed E-state index contributed by atoms with van der Waals surface area (Å²) in [6.45, 7) is 8.64. The number of hydrogen-bond acceptors (Lipinski definition) is 2. The number of nitrogens with one attached hydrogen (secondary N) is 1. The second kappa shape index (κ2) is 9.67. The Hall–Kier alpha value is -0.340. The molecule has 0 aromatic heterocycles. The van der Waals surface area contributed by atoms with Crippen molar-refractivity contribution < 1.29 is 4.74 Å². The minimum absolute atomic E-state index is 0.752. The molecule has 2 nitrogen and oxygen atoms in total. The highest BCUT2D eigenvalue weighted by atomic mass is 16.5. The molecule has 0 bridgehead atoms. The van der Waals surface area contributed by atoms with E-state index < -0.39 is 0 Å². The topological polar surface area (TPSA) is 21.3 Å². The molecule has 1 rings (SSSR count). The van der Waals surface area contributed by atoms with Crippen LogP contribution in [-0.2, 0) is 4.74 Å². The van der Waals surface area contributed by atoms with E-state index in [0.29, 0.717) is 0 Å². The van der Waals surface area contributed by atoms with Gasteiger partial charge in [-0.2, -0.15) is 0 Å². The number of unbranched alkanes of at least 4 members (excludes halogenated alkanes) is 2. The van der Waals surface area contributed by atoms with Crippen molar-refractivity contribution in [2.45, 2.75) is 46.0 Å². The second-order valence-corrected chi connectivity index (χ2v) is 5.17. The van der Waals surface area contributed by atoms with Gasteiger partial charge in [0.15, 0.2) is 0 Å². The molecule has 0 saturated heterocycles. The van der Waals surface area contributed by atoms with Crippen LogP contribution >= 0.6 is 0 Å². The molecule has 2 atom stereocenters. The van der Waals surface area contributed by atoms with E-state index in [0.717, 1.165) is 38.1 Å². The van der Waals surface area contributed by atoms with Crippen LogP contribution in [0.3, 0.4) is 0 Å². The Morgan fingerprint density at radius 1 is 1.18 bits per heavy atom. The van der Waals surface area contributed by atoms with Crippen molar-refractivity contribution in [2.24, 2.45) is 11.8 Å². The molecule has 2 heteroatoms. The van der Waals surface area contributed by atoms with Gasteiger partial charge in [-0.05, 0) is 57.0 Å². The molecular formula is C15H29NO. The van der Waals surface area contributed by atoms with Crippen LogP contribution in [0.1, 0.15) is 46.0 Å². The molecule has 0 spiro atoms. The fourth-order valence-corrected chi connectivity index (χ4v) is 2.28. The van der Waals surface area contributed by atoms with Crippen LogP contribution < -0.4 is 5.32 Å². The van der Waals surface area contributed by atoms with Gasteiger partial charge in [-0.1, -0.05) is 26.0 Å². The van der Waals surface area contributed by atoms with Crippen LogP contribution in [0, 0.1) is 11.8 Å². The van der Waals surface area contributed by atoms with Gasteiger partial charge >= 0.3 is 0 Å². The first kappa shape index (κ1) is 14.7. The molecule has 0 saturated carbocycles. The van der Waals surface area contributed by atoms with Gasteiger partial charge in [-0.15, -0.1) is 0 Å². The zero-order valence-electron chi connectivity index (χ0n) is 11.6. The van der Waals surface area contributed by atoms with Gasteiger partial charge in [0.25, 0.3) is 0 Å². The number of hydrogen-bond donors (Lipinski definition) is 1. The summed E-state index contributed by atoms with van der Waals surface area (Å²) < 4.78 is 5.80. The lowest BCUT2D eigenvalue weighted by Gasteiger charge is -2.24. The van der Waals surface area contributed by atoms with Crippen molar-refractivity contribution in [1.82, 2.24) is 5.32 Å². The van der Waals surface area contributed by atoms with Crippen molar-refractivity contribution in [3.63, 3.8) is 0 Å². The summed E-state index contributed by atoms with van der Waals surface area (Å²) in [4.78, 5) is 0. The normalized spacial score (nSPS) is 24.1. The summed E-state index contributed by atoms with van der Waals surface area (Å²) in [5.74, 6) is 1.55. The van der Waals surface area contributed by atoms with E-state index in [4.69, 9.17) is 4.74 Å². The number of ether oxygens (including phenoxy) is 1. The predicted octanol–water partition coefficient (Wildman–Crippen LogP) is 3.39. The van der Waals surface area contributed by atoms with Crippen LogP contribution in [0.2, 0.25) is 0 Å². The Morgan fingerprint density at radius 3 is 2.76 bits per heavy atom. The van der Waals surface area contributed by atoms with Gasteiger partial charge in [0.05, 0.1) is 0 Å². The maximum atomic E-state index is 5.80. The van der Waals surface area contributed by atoms with Crippen molar-refractivity contribution in [1.29, 1.82) is 0 Å². The Bertz CT molecular complexity index is 203. The average molecular weight is 239 g/mol. The Labute approximate surface area is 107 Å². The molecule has 1 aliphatic carbocycles. The predicted molar refractivity (Wildman–Crippen MR) is 74.2 cm³/mol. The highest BCUT2D eigenvalue weighted by Gasteiger charge is 2.17. The SMILES string of the molecule is CCNCCCCCOCC1CC=CCC1C. The van der Waals surface area contributed by atoms with Crippen molar-refractivity contribution in [2.75, 3.05) is 26.3 Å². The molecule has 0 aliphatic heterocycles. The second-order valence-electron chi connectivity index (χ2n) is 5.17. The molecule has 100 valence electrons. The highest BCUT2D eigenvalue weighted by Crippen LogP contribution is 2.24. The van der Waals surface area contributed by atoms with Crippen molar-refractivity contribution in [3.05, 3.63) is 12.2 Å². The lowest BCUT2D eigenvalue weighted by atomic mass is 9.85. The van der Waals surface area contributed by atoms with Crippen LogP contribution in [0.5, 0.6) is 0 Å². The fraction of sp³-hybridized carbons (Fsp3) is 0.867. The maximum absolute atomic E-state index is 5.80. The van der Waals surface area contributed by atoms with E-state index in [2.05, 4.69) is 31.3 Å². The van der Waals surface area contributed by atoms with E-state index in [9.17, 15) is 0 Å². The Kier molecular flexibility index (Phi) is 8.37. The molecule has 0 aromatic carbocycles. The van der Waals surface area contributed by atoms with E-state index in [1.807, 2.05) is 0 Å². The molecular weight excluding hydrogens is 210 g/mol. The summed E-state index contributed by atoms with van der Waals surface area (Å²) in [6, 6.07) is 0. The quantitative estimate of drug-likeness (QED) is 0.492. The summed E-state index contributed by atoms with van der Waals surface area (Å²) in [6.07, 6.45) is 10.8. The standard InChI is InChI=1S/C15H29NO/c1-3-16-11-7-4-8-12-17-13-15-10-6-5-9-14(15)2/h5-6,14-16H,3-4,7-13H2,1-2H3. The minimum Gasteiger partial charge on any atom is -0.381 e.